The van der Waals surface area contributed by atoms with Crippen LogP contribution in [0.2, 0.25) is 10.0 Å². The predicted molar refractivity (Wildman–Crippen MR) is 222 cm³/mol. The molecule has 1 amide bonds. The Kier molecular flexibility index (Phi) is 13.1. The highest BCUT2D eigenvalue weighted by Gasteiger charge is 2.43. The van der Waals surface area contributed by atoms with Crippen molar-refractivity contribution in [3.05, 3.63) is 122 Å². The SMILES string of the molecule is COC(=O)C1=C(CCc2ccccc2CSc2ccccc2)NC(CC(=O)N2CCN(C3CC4CCC(C3)N4C)CC2)=C(C(=O)OC)C1c1c(Cl)cccc1Cl. The third-order valence-corrected chi connectivity index (χ3v) is 13.8. The Hall–Kier alpha value is -3.80. The number of nitrogens with one attached hydrogen (secondary N) is 1. The summed E-state index contributed by atoms with van der Waals surface area (Å²) in [5.74, 6) is -1.70. The molecular formula is C44H50Cl2N4O5S. The van der Waals surface area contributed by atoms with E-state index in [0.717, 1.165) is 24.4 Å². The molecule has 1 N–H and O–H groups in total. The number of methoxy groups -OCH3 is 2. The highest BCUT2D eigenvalue weighted by Crippen LogP contribution is 2.46. The molecule has 4 heterocycles. The molecule has 3 aromatic carbocycles. The van der Waals surface area contributed by atoms with Crippen molar-refractivity contribution >= 4 is 52.8 Å². The van der Waals surface area contributed by atoms with Crippen molar-refractivity contribution in [2.45, 2.75) is 79.6 Å². The van der Waals surface area contributed by atoms with Gasteiger partial charge < -0.3 is 24.6 Å². The molecule has 7 rings (SSSR count). The summed E-state index contributed by atoms with van der Waals surface area (Å²) in [4.78, 5) is 50.2. The summed E-state index contributed by atoms with van der Waals surface area (Å²) in [6.45, 7) is 2.84. The van der Waals surface area contributed by atoms with E-state index >= 15 is 0 Å². The largest absolute Gasteiger partial charge is 0.466 e. The number of fused-ring (bicyclic) bond motifs is 2. The maximum atomic E-state index is 14.2. The monoisotopic (exact) mass is 816 g/mol. The van der Waals surface area contributed by atoms with Gasteiger partial charge in [0.15, 0.2) is 0 Å². The van der Waals surface area contributed by atoms with Crippen molar-refractivity contribution in [1.29, 1.82) is 0 Å². The minimum absolute atomic E-state index is 0.0936. The Morgan fingerprint density at radius 2 is 1.32 bits per heavy atom. The molecular weight excluding hydrogens is 767 g/mol. The number of carbonyl (C=O) groups excluding carboxylic acids is 3. The van der Waals surface area contributed by atoms with E-state index in [1.807, 2.05) is 35.2 Å². The van der Waals surface area contributed by atoms with Crippen molar-refractivity contribution in [2.75, 3.05) is 47.4 Å². The van der Waals surface area contributed by atoms with E-state index < -0.39 is 17.9 Å². The van der Waals surface area contributed by atoms with Gasteiger partial charge in [-0.1, -0.05) is 71.7 Å². The number of amides is 1. The van der Waals surface area contributed by atoms with E-state index in [1.54, 1.807) is 30.0 Å². The van der Waals surface area contributed by atoms with E-state index in [9.17, 15) is 14.4 Å². The molecule has 4 aliphatic rings. The summed E-state index contributed by atoms with van der Waals surface area (Å²) in [6.07, 6.45) is 5.78. The molecule has 3 fully saturated rings. The lowest BCUT2D eigenvalue weighted by molar-refractivity contribution is -0.137. The molecule has 9 nitrogen and oxygen atoms in total. The number of allylic oxidation sites excluding steroid dienone is 1. The third kappa shape index (κ3) is 8.70. The normalized spacial score (nSPS) is 22.9. The second-order valence-electron chi connectivity index (χ2n) is 15.1. The lowest BCUT2D eigenvalue weighted by Gasteiger charge is -2.45. The van der Waals surface area contributed by atoms with Crippen LogP contribution in [0, 0.1) is 0 Å². The van der Waals surface area contributed by atoms with Crippen LogP contribution in [-0.2, 0) is 36.0 Å². The van der Waals surface area contributed by atoms with Gasteiger partial charge in [0.05, 0.1) is 37.7 Å². The third-order valence-electron chi connectivity index (χ3n) is 12.1. The summed E-state index contributed by atoms with van der Waals surface area (Å²) in [5.41, 5.74) is 3.90. The van der Waals surface area contributed by atoms with E-state index in [4.69, 9.17) is 32.7 Å². The van der Waals surface area contributed by atoms with Crippen LogP contribution in [0.1, 0.15) is 61.1 Å². The molecule has 3 unspecified atom stereocenters. The maximum Gasteiger partial charge on any atom is 0.336 e. The molecule has 3 aromatic rings. The number of piperazine rings is 1. The molecule has 0 saturated carbocycles. The smallest absolute Gasteiger partial charge is 0.336 e. The van der Waals surface area contributed by atoms with Crippen molar-refractivity contribution in [2.24, 2.45) is 0 Å². The highest BCUT2D eigenvalue weighted by atomic mass is 35.5. The van der Waals surface area contributed by atoms with Crippen LogP contribution in [0.4, 0.5) is 0 Å². The zero-order valence-corrected chi connectivity index (χ0v) is 34.6. The molecule has 3 saturated heterocycles. The van der Waals surface area contributed by atoms with Gasteiger partial charge in [0, 0.05) is 82.0 Å². The standard InChI is InChI=1S/C44H50Cl2N4O5S/c1-48-30-17-18-31(48)25-32(24-30)49-20-22-50(23-21-49)38(51)26-37-41(44(53)55-3)42(39-34(45)14-9-15-35(39)46)40(43(52)54-2)36(47-37)19-16-28-10-7-8-11-29(28)27-56-33-12-5-4-6-13-33/h4-15,30-32,42,47H,16-27H2,1-3H3. The second-order valence-corrected chi connectivity index (χ2v) is 17.0. The van der Waals surface area contributed by atoms with Crippen LogP contribution in [0.3, 0.4) is 0 Å². The molecule has 3 atom stereocenters. The number of rotatable bonds is 12. The molecule has 0 radical (unpaired) electrons. The van der Waals surface area contributed by atoms with E-state index in [0.29, 0.717) is 61.0 Å². The van der Waals surface area contributed by atoms with Gasteiger partial charge >= 0.3 is 11.9 Å². The summed E-state index contributed by atoms with van der Waals surface area (Å²) in [5, 5.41) is 3.98. The average Bonchev–Trinajstić information content (AvgIpc) is 3.40. The van der Waals surface area contributed by atoms with Gasteiger partial charge in [-0.25, -0.2) is 9.59 Å². The first kappa shape index (κ1) is 40.4. The highest BCUT2D eigenvalue weighted by molar-refractivity contribution is 7.98. The van der Waals surface area contributed by atoms with Gasteiger partial charge in [0.2, 0.25) is 5.91 Å². The summed E-state index contributed by atoms with van der Waals surface area (Å²) >= 11 is 15.5. The van der Waals surface area contributed by atoms with Gasteiger partial charge in [-0.05, 0) is 81.0 Å². The number of hydrogen-bond donors (Lipinski definition) is 1. The molecule has 4 aliphatic heterocycles. The maximum absolute atomic E-state index is 14.2. The van der Waals surface area contributed by atoms with Crippen LogP contribution in [0.5, 0.6) is 0 Å². The van der Waals surface area contributed by atoms with Gasteiger partial charge in [0.1, 0.15) is 0 Å². The van der Waals surface area contributed by atoms with Crippen LogP contribution >= 0.6 is 35.0 Å². The Labute approximate surface area is 344 Å². The number of esters is 2. The number of thioether (sulfide) groups is 1. The van der Waals surface area contributed by atoms with Gasteiger partial charge in [-0.15, -0.1) is 11.8 Å². The van der Waals surface area contributed by atoms with Crippen molar-refractivity contribution in [1.82, 2.24) is 20.0 Å². The first-order chi connectivity index (χ1) is 27.2. The lowest BCUT2D eigenvalue weighted by atomic mass is 9.78. The molecule has 0 aromatic heterocycles. The number of hydrogen-bond acceptors (Lipinski definition) is 9. The van der Waals surface area contributed by atoms with E-state index in [2.05, 4.69) is 46.4 Å². The number of ether oxygens (including phenoxy) is 2. The van der Waals surface area contributed by atoms with Crippen molar-refractivity contribution in [3.63, 3.8) is 0 Å². The fourth-order valence-corrected chi connectivity index (χ4v) is 10.7. The number of aryl methyl sites for hydroxylation is 1. The number of nitrogens with zero attached hydrogens (tertiary/aromatic N) is 3. The topological polar surface area (TPSA) is 91.4 Å². The van der Waals surface area contributed by atoms with Gasteiger partial charge in [-0.3, -0.25) is 9.69 Å². The second kappa shape index (κ2) is 18.2. The van der Waals surface area contributed by atoms with Crippen molar-refractivity contribution in [3.8, 4) is 0 Å². The first-order valence-corrected chi connectivity index (χ1v) is 21.2. The Morgan fingerprint density at radius 3 is 1.95 bits per heavy atom. The summed E-state index contributed by atoms with van der Waals surface area (Å²) < 4.78 is 10.7. The van der Waals surface area contributed by atoms with Crippen LogP contribution in [-0.4, -0.2) is 98.1 Å². The Morgan fingerprint density at radius 1 is 0.732 bits per heavy atom. The fourth-order valence-electron chi connectivity index (χ4n) is 9.08. The Bertz CT molecular complexity index is 1970. The molecule has 2 bridgehead atoms. The van der Waals surface area contributed by atoms with Crippen LogP contribution in [0.15, 0.2) is 100 Å². The van der Waals surface area contributed by atoms with Gasteiger partial charge in [0.25, 0.3) is 0 Å². The molecule has 0 spiro atoms. The van der Waals surface area contributed by atoms with E-state index in [-0.39, 0.29) is 33.5 Å². The minimum Gasteiger partial charge on any atom is -0.466 e. The van der Waals surface area contributed by atoms with Crippen molar-refractivity contribution < 1.29 is 23.9 Å². The van der Waals surface area contributed by atoms with Crippen LogP contribution < -0.4 is 5.32 Å². The molecule has 12 heteroatoms. The molecule has 0 aliphatic carbocycles. The molecule has 56 heavy (non-hydrogen) atoms. The summed E-state index contributed by atoms with van der Waals surface area (Å²) in [6, 6.07) is 25.4. The van der Waals surface area contributed by atoms with Gasteiger partial charge in [-0.2, -0.15) is 0 Å². The number of benzene rings is 3. The quantitative estimate of drug-likeness (QED) is 0.147. The average molecular weight is 818 g/mol. The number of dihydropyridines is 1. The Balaban J connectivity index is 1.18. The molecule has 296 valence electrons. The number of carbonyl (C=O) groups is 3. The lowest BCUT2D eigenvalue weighted by Crippen LogP contribution is -2.56. The van der Waals surface area contributed by atoms with E-state index in [1.165, 1.54) is 50.4 Å². The minimum atomic E-state index is -1.05. The zero-order valence-electron chi connectivity index (χ0n) is 32.3. The first-order valence-electron chi connectivity index (χ1n) is 19.5. The number of piperidine rings is 1. The summed E-state index contributed by atoms with van der Waals surface area (Å²) in [7, 11) is 4.86. The predicted octanol–water partition coefficient (Wildman–Crippen LogP) is 7.62. The zero-order chi connectivity index (χ0) is 39.3. The number of halogens is 2. The fraction of sp³-hybridized carbons (Fsp3) is 0.432. The van der Waals surface area contributed by atoms with Crippen LogP contribution in [0.25, 0.3) is 0 Å².